The summed E-state index contributed by atoms with van der Waals surface area (Å²) in [7, 11) is 0. The molecule has 1 saturated carbocycles. The number of amides is 1. The van der Waals surface area contributed by atoms with Crippen LogP contribution in [0.3, 0.4) is 0 Å². The van der Waals surface area contributed by atoms with Crippen molar-refractivity contribution in [1.82, 2.24) is 10.2 Å². The van der Waals surface area contributed by atoms with Gasteiger partial charge in [-0.3, -0.25) is 4.79 Å². The molecule has 3 N–H and O–H groups in total. The maximum absolute atomic E-state index is 11.7. The lowest BCUT2D eigenvalue weighted by atomic mass is 9.92. The Bertz CT molecular complexity index is 321. The van der Waals surface area contributed by atoms with E-state index < -0.39 is 5.54 Å². The number of hydrogen-bond donors (Lipinski definition) is 2. The lowest BCUT2D eigenvalue weighted by molar-refractivity contribution is -0.124. The second-order valence-electron chi connectivity index (χ2n) is 6.68. The monoisotopic (exact) mass is 267 g/mol. The van der Waals surface area contributed by atoms with E-state index in [9.17, 15) is 4.79 Å². The molecule has 0 radical (unpaired) electrons. The number of nitrogens with two attached hydrogens (primary N) is 1. The summed E-state index contributed by atoms with van der Waals surface area (Å²) in [5, 5.41) is 3.26. The van der Waals surface area contributed by atoms with Gasteiger partial charge in [0.15, 0.2) is 0 Å². The smallest absolute Gasteiger partial charge is 0.237 e. The number of likely N-dealkylation sites (tertiary alicyclic amines) is 1. The van der Waals surface area contributed by atoms with Crippen LogP contribution in [0.25, 0.3) is 0 Å². The van der Waals surface area contributed by atoms with Crippen LogP contribution in [0.2, 0.25) is 0 Å². The molecular formula is C15H29N3O. The van der Waals surface area contributed by atoms with E-state index in [1.165, 1.54) is 32.4 Å². The van der Waals surface area contributed by atoms with E-state index in [4.69, 9.17) is 5.73 Å². The number of nitrogens with one attached hydrogen (secondary N) is 1. The van der Waals surface area contributed by atoms with Gasteiger partial charge in [0.2, 0.25) is 5.91 Å². The number of fused-ring (bicyclic) bond motifs is 1. The predicted molar refractivity (Wildman–Crippen MR) is 77.8 cm³/mol. The minimum atomic E-state index is -0.578. The van der Waals surface area contributed by atoms with Crippen molar-refractivity contribution in [2.45, 2.75) is 58.0 Å². The first-order chi connectivity index (χ1) is 8.96. The molecule has 2 rings (SSSR count). The molecule has 1 heterocycles. The van der Waals surface area contributed by atoms with Crippen molar-refractivity contribution < 1.29 is 4.79 Å². The number of likely N-dealkylation sites (N-methyl/N-ethyl adjacent to an activating group) is 1. The standard InChI is InChI=1S/C15H29N3O/c1-4-17-15(3,14(16)19)8-11(2)18-9-12-6-5-7-13(12)10-18/h11-13,17H,4-10H2,1-3H3,(H2,16,19). The van der Waals surface area contributed by atoms with Crippen LogP contribution >= 0.6 is 0 Å². The second kappa shape index (κ2) is 5.80. The number of rotatable bonds is 6. The number of carbonyl (C=O) groups excluding carboxylic acids is 1. The quantitative estimate of drug-likeness (QED) is 0.764. The van der Waals surface area contributed by atoms with Gasteiger partial charge in [-0.2, -0.15) is 0 Å². The van der Waals surface area contributed by atoms with Crippen LogP contribution in [0, 0.1) is 11.8 Å². The molecule has 0 aromatic carbocycles. The molecule has 0 aromatic rings. The molecule has 0 aromatic heterocycles. The molecule has 0 spiro atoms. The summed E-state index contributed by atoms with van der Waals surface area (Å²) in [5.41, 5.74) is 5.00. The van der Waals surface area contributed by atoms with Gasteiger partial charge in [-0.15, -0.1) is 0 Å². The van der Waals surface area contributed by atoms with Crippen LogP contribution in [-0.4, -0.2) is 42.0 Å². The van der Waals surface area contributed by atoms with Gasteiger partial charge < -0.3 is 16.0 Å². The Morgan fingerprint density at radius 2 is 2.00 bits per heavy atom. The molecular weight excluding hydrogens is 238 g/mol. The van der Waals surface area contributed by atoms with E-state index in [-0.39, 0.29) is 5.91 Å². The largest absolute Gasteiger partial charge is 0.368 e. The Morgan fingerprint density at radius 3 is 2.47 bits per heavy atom. The SMILES string of the molecule is CCNC(C)(CC(C)N1CC2CCCC2C1)C(N)=O. The number of primary amides is 1. The van der Waals surface area contributed by atoms with E-state index in [1.807, 2.05) is 13.8 Å². The van der Waals surface area contributed by atoms with Crippen LogP contribution in [0.1, 0.15) is 46.5 Å². The molecule has 4 unspecified atom stereocenters. The summed E-state index contributed by atoms with van der Waals surface area (Å²) < 4.78 is 0. The summed E-state index contributed by atoms with van der Waals surface area (Å²) >= 11 is 0. The average Bonchev–Trinajstić information content (AvgIpc) is 2.88. The molecule has 0 bridgehead atoms. The van der Waals surface area contributed by atoms with E-state index in [2.05, 4.69) is 17.1 Å². The van der Waals surface area contributed by atoms with E-state index in [0.717, 1.165) is 24.8 Å². The topological polar surface area (TPSA) is 58.4 Å². The summed E-state index contributed by atoms with van der Waals surface area (Å²) in [6, 6.07) is 0.419. The van der Waals surface area contributed by atoms with Crippen molar-refractivity contribution in [2.24, 2.45) is 17.6 Å². The van der Waals surface area contributed by atoms with Gasteiger partial charge in [0.05, 0.1) is 5.54 Å². The predicted octanol–water partition coefficient (Wildman–Crippen LogP) is 1.35. The Balaban J connectivity index is 1.93. The number of carbonyl (C=O) groups is 1. The van der Waals surface area contributed by atoms with Crippen molar-refractivity contribution >= 4 is 5.91 Å². The summed E-state index contributed by atoms with van der Waals surface area (Å²) in [6.45, 7) is 9.40. The Hall–Kier alpha value is -0.610. The minimum absolute atomic E-state index is 0.236. The van der Waals surface area contributed by atoms with Gasteiger partial charge in [-0.05, 0) is 51.5 Å². The first-order valence-corrected chi connectivity index (χ1v) is 7.75. The lowest BCUT2D eigenvalue weighted by Crippen LogP contribution is -2.56. The van der Waals surface area contributed by atoms with Gasteiger partial charge in [0, 0.05) is 19.1 Å². The maximum Gasteiger partial charge on any atom is 0.237 e. The molecule has 4 nitrogen and oxygen atoms in total. The minimum Gasteiger partial charge on any atom is -0.368 e. The Kier molecular flexibility index (Phi) is 4.51. The highest BCUT2D eigenvalue weighted by atomic mass is 16.1. The molecule has 19 heavy (non-hydrogen) atoms. The number of hydrogen-bond acceptors (Lipinski definition) is 3. The Labute approximate surface area is 117 Å². The first-order valence-electron chi connectivity index (χ1n) is 7.75. The summed E-state index contributed by atoms with van der Waals surface area (Å²) in [4.78, 5) is 14.3. The van der Waals surface area contributed by atoms with E-state index >= 15 is 0 Å². The van der Waals surface area contributed by atoms with Gasteiger partial charge in [0.1, 0.15) is 0 Å². The molecule has 1 aliphatic carbocycles. The molecule has 4 heteroatoms. The molecule has 110 valence electrons. The summed E-state index contributed by atoms with van der Waals surface area (Å²) in [5.74, 6) is 1.57. The van der Waals surface area contributed by atoms with Gasteiger partial charge >= 0.3 is 0 Å². The van der Waals surface area contributed by atoms with Crippen molar-refractivity contribution in [1.29, 1.82) is 0 Å². The third kappa shape index (κ3) is 3.11. The van der Waals surface area contributed by atoms with Gasteiger partial charge in [-0.1, -0.05) is 13.3 Å². The highest BCUT2D eigenvalue weighted by molar-refractivity contribution is 5.84. The van der Waals surface area contributed by atoms with Crippen molar-refractivity contribution in [3.63, 3.8) is 0 Å². The fourth-order valence-electron chi connectivity index (χ4n) is 4.00. The highest BCUT2D eigenvalue weighted by Crippen LogP contribution is 2.39. The van der Waals surface area contributed by atoms with Crippen LogP contribution in [0.4, 0.5) is 0 Å². The van der Waals surface area contributed by atoms with Crippen molar-refractivity contribution in [3.8, 4) is 0 Å². The van der Waals surface area contributed by atoms with Crippen LogP contribution < -0.4 is 11.1 Å². The third-order valence-electron chi connectivity index (χ3n) is 5.19. The molecule has 1 amide bonds. The number of nitrogens with zero attached hydrogens (tertiary/aromatic N) is 1. The third-order valence-corrected chi connectivity index (χ3v) is 5.19. The van der Waals surface area contributed by atoms with E-state index in [1.54, 1.807) is 0 Å². The normalized spacial score (nSPS) is 31.9. The lowest BCUT2D eigenvalue weighted by Gasteiger charge is -2.34. The fourth-order valence-corrected chi connectivity index (χ4v) is 4.00. The van der Waals surface area contributed by atoms with Crippen molar-refractivity contribution in [2.75, 3.05) is 19.6 Å². The molecule has 4 atom stereocenters. The zero-order chi connectivity index (χ0) is 14.0. The van der Waals surface area contributed by atoms with Crippen LogP contribution in [0.5, 0.6) is 0 Å². The molecule has 1 aliphatic heterocycles. The zero-order valence-corrected chi connectivity index (χ0v) is 12.6. The molecule has 1 saturated heterocycles. The Morgan fingerprint density at radius 1 is 1.42 bits per heavy atom. The van der Waals surface area contributed by atoms with Crippen LogP contribution in [-0.2, 0) is 4.79 Å². The summed E-state index contributed by atoms with van der Waals surface area (Å²) in [6.07, 6.45) is 5.01. The molecule has 2 aliphatic rings. The van der Waals surface area contributed by atoms with Crippen molar-refractivity contribution in [3.05, 3.63) is 0 Å². The highest BCUT2D eigenvalue weighted by Gasteiger charge is 2.40. The van der Waals surface area contributed by atoms with Gasteiger partial charge in [-0.25, -0.2) is 0 Å². The first kappa shape index (κ1) is 14.8. The fraction of sp³-hybridized carbons (Fsp3) is 0.933. The maximum atomic E-state index is 11.7. The zero-order valence-electron chi connectivity index (χ0n) is 12.6. The van der Waals surface area contributed by atoms with E-state index in [0.29, 0.717) is 6.04 Å². The molecule has 2 fully saturated rings. The average molecular weight is 267 g/mol. The van der Waals surface area contributed by atoms with Crippen LogP contribution in [0.15, 0.2) is 0 Å². The van der Waals surface area contributed by atoms with Gasteiger partial charge in [0.25, 0.3) is 0 Å². The second-order valence-corrected chi connectivity index (χ2v) is 6.68.